The second kappa shape index (κ2) is 7.79. The van der Waals surface area contributed by atoms with Gasteiger partial charge in [0.15, 0.2) is 5.75 Å². The zero-order valence-electron chi connectivity index (χ0n) is 9.88. The van der Waals surface area contributed by atoms with Gasteiger partial charge in [-0.15, -0.1) is 0 Å². The van der Waals surface area contributed by atoms with Crippen LogP contribution < -0.4 is 4.74 Å². The highest BCUT2D eigenvalue weighted by atomic mass is 79.9. The van der Waals surface area contributed by atoms with Gasteiger partial charge in [-0.1, -0.05) is 6.07 Å². The molecule has 0 spiro atoms. The molecule has 2 aromatic rings. The molecule has 0 aliphatic carbocycles. The Labute approximate surface area is 110 Å². The fourth-order valence-electron chi connectivity index (χ4n) is 1.03. The van der Waals surface area contributed by atoms with Gasteiger partial charge < -0.3 is 4.74 Å². The highest BCUT2D eigenvalue weighted by molar-refractivity contribution is 9.10. The van der Waals surface area contributed by atoms with Crippen LogP contribution in [0.15, 0.2) is 53.5 Å². The molecular weight excluding hydrogens is 280 g/mol. The first-order chi connectivity index (χ1) is 8.20. The summed E-state index contributed by atoms with van der Waals surface area (Å²) in [4.78, 5) is 7.81. The third kappa shape index (κ3) is 6.02. The molecule has 2 heterocycles. The molecule has 3 nitrogen and oxygen atoms in total. The molecule has 2 rings (SSSR count). The summed E-state index contributed by atoms with van der Waals surface area (Å²) in [6.45, 7) is 3.97. The number of halogens is 1. The molecule has 0 aliphatic heterocycles. The van der Waals surface area contributed by atoms with Crippen LogP contribution in [0.5, 0.6) is 5.75 Å². The molecule has 0 atom stereocenters. The summed E-state index contributed by atoms with van der Waals surface area (Å²) in [5.41, 5.74) is 0. The van der Waals surface area contributed by atoms with Gasteiger partial charge in [-0.2, -0.15) is 0 Å². The highest BCUT2D eigenvalue weighted by Gasteiger charge is 2.01. The monoisotopic (exact) mass is 294 g/mol. The summed E-state index contributed by atoms with van der Waals surface area (Å²) in [6.07, 6.45) is 5.41. The van der Waals surface area contributed by atoms with Crippen LogP contribution in [0.1, 0.15) is 13.8 Å². The molecule has 0 saturated carbocycles. The van der Waals surface area contributed by atoms with Gasteiger partial charge in [0.25, 0.3) is 0 Å². The van der Waals surface area contributed by atoms with Crippen molar-refractivity contribution >= 4 is 15.9 Å². The third-order valence-corrected chi connectivity index (χ3v) is 2.25. The van der Waals surface area contributed by atoms with Gasteiger partial charge >= 0.3 is 0 Å². The van der Waals surface area contributed by atoms with E-state index in [1.54, 1.807) is 18.6 Å². The van der Waals surface area contributed by atoms with Gasteiger partial charge in [-0.05, 0) is 54.0 Å². The summed E-state index contributed by atoms with van der Waals surface area (Å²) in [5.74, 6) is 0.794. The number of rotatable bonds is 2. The van der Waals surface area contributed by atoms with E-state index in [4.69, 9.17) is 4.74 Å². The van der Waals surface area contributed by atoms with Crippen molar-refractivity contribution in [1.29, 1.82) is 0 Å². The zero-order chi connectivity index (χ0) is 12.5. The molecule has 0 unspecified atom stereocenters. The first kappa shape index (κ1) is 13.6. The lowest BCUT2D eigenvalue weighted by Crippen LogP contribution is -2.06. The van der Waals surface area contributed by atoms with E-state index in [2.05, 4.69) is 25.9 Å². The predicted octanol–water partition coefficient (Wildman–Crippen LogP) is 3.71. The number of hydrogen-bond acceptors (Lipinski definition) is 3. The number of hydrogen-bond donors (Lipinski definition) is 0. The van der Waals surface area contributed by atoms with Crippen LogP contribution in [-0.2, 0) is 0 Å². The number of nitrogens with zero attached hydrogens (tertiary/aromatic N) is 2. The molecule has 0 fully saturated rings. The van der Waals surface area contributed by atoms with Crippen LogP contribution in [0.2, 0.25) is 0 Å². The molecule has 0 saturated heterocycles. The Morgan fingerprint density at radius 1 is 1.06 bits per heavy atom. The lowest BCUT2D eigenvalue weighted by atomic mass is 10.4. The van der Waals surface area contributed by atoms with Crippen molar-refractivity contribution in [2.24, 2.45) is 0 Å². The molecule has 0 bridgehead atoms. The SMILES string of the molecule is CC(C)Oc1cccnc1Br.c1ccncc1. The first-order valence-corrected chi connectivity index (χ1v) is 6.11. The van der Waals surface area contributed by atoms with E-state index in [-0.39, 0.29) is 6.10 Å². The second-order valence-corrected chi connectivity index (χ2v) is 4.23. The molecule has 90 valence electrons. The van der Waals surface area contributed by atoms with Crippen LogP contribution in [-0.4, -0.2) is 16.1 Å². The average molecular weight is 295 g/mol. The molecule has 0 radical (unpaired) electrons. The minimum absolute atomic E-state index is 0.190. The molecule has 0 amide bonds. The molecule has 0 aliphatic rings. The second-order valence-electron chi connectivity index (χ2n) is 3.48. The van der Waals surface area contributed by atoms with Crippen LogP contribution in [0, 0.1) is 0 Å². The number of ether oxygens (including phenoxy) is 1. The standard InChI is InChI=1S/C8H10BrNO.C5H5N/c1-6(2)11-7-4-3-5-10-8(7)9;1-2-4-6-5-3-1/h3-6H,1-2H3;1-5H. The Morgan fingerprint density at radius 2 is 1.76 bits per heavy atom. The molecule has 0 aromatic carbocycles. The molecular formula is C13H15BrN2O. The van der Waals surface area contributed by atoms with E-state index in [9.17, 15) is 0 Å². The predicted molar refractivity (Wildman–Crippen MR) is 71.9 cm³/mol. The normalized spacial score (nSPS) is 9.41. The van der Waals surface area contributed by atoms with E-state index in [0.717, 1.165) is 10.4 Å². The van der Waals surface area contributed by atoms with Crippen LogP contribution in [0.4, 0.5) is 0 Å². The third-order valence-electron chi connectivity index (χ3n) is 1.65. The zero-order valence-corrected chi connectivity index (χ0v) is 11.5. The van der Waals surface area contributed by atoms with Gasteiger partial charge in [0, 0.05) is 18.6 Å². The fraction of sp³-hybridized carbons (Fsp3) is 0.231. The Kier molecular flexibility index (Phi) is 6.25. The van der Waals surface area contributed by atoms with E-state index in [1.165, 1.54) is 0 Å². The number of pyridine rings is 2. The molecule has 17 heavy (non-hydrogen) atoms. The lowest BCUT2D eigenvalue weighted by molar-refractivity contribution is 0.239. The van der Waals surface area contributed by atoms with Crippen molar-refractivity contribution < 1.29 is 4.74 Å². The average Bonchev–Trinajstić information content (AvgIpc) is 2.35. The Hall–Kier alpha value is -1.42. The molecule has 0 N–H and O–H groups in total. The van der Waals surface area contributed by atoms with E-state index in [0.29, 0.717) is 0 Å². The van der Waals surface area contributed by atoms with Gasteiger partial charge in [0.2, 0.25) is 0 Å². The van der Waals surface area contributed by atoms with Crippen molar-refractivity contribution in [2.75, 3.05) is 0 Å². The molecule has 2 aromatic heterocycles. The molecule has 4 heteroatoms. The van der Waals surface area contributed by atoms with Gasteiger partial charge in [0.05, 0.1) is 6.10 Å². The van der Waals surface area contributed by atoms with Gasteiger partial charge in [0.1, 0.15) is 4.60 Å². The summed E-state index contributed by atoms with van der Waals surface area (Å²) >= 11 is 3.29. The van der Waals surface area contributed by atoms with Gasteiger partial charge in [-0.25, -0.2) is 4.98 Å². The van der Waals surface area contributed by atoms with Crippen molar-refractivity contribution in [3.05, 3.63) is 53.5 Å². The highest BCUT2D eigenvalue weighted by Crippen LogP contribution is 2.21. The summed E-state index contributed by atoms with van der Waals surface area (Å²) in [5, 5.41) is 0. The van der Waals surface area contributed by atoms with Crippen molar-refractivity contribution in [3.8, 4) is 5.75 Å². The summed E-state index contributed by atoms with van der Waals surface area (Å²) < 4.78 is 6.19. The Bertz CT molecular complexity index is 394. The Morgan fingerprint density at radius 3 is 2.18 bits per heavy atom. The van der Waals surface area contributed by atoms with E-state index in [1.807, 2.05) is 44.2 Å². The lowest BCUT2D eigenvalue weighted by Gasteiger charge is -2.09. The summed E-state index contributed by atoms with van der Waals surface area (Å²) in [7, 11) is 0. The quantitative estimate of drug-likeness (QED) is 0.792. The minimum Gasteiger partial charge on any atom is -0.488 e. The van der Waals surface area contributed by atoms with Crippen LogP contribution in [0.25, 0.3) is 0 Å². The topological polar surface area (TPSA) is 35.0 Å². The first-order valence-electron chi connectivity index (χ1n) is 5.32. The van der Waals surface area contributed by atoms with Crippen molar-refractivity contribution in [3.63, 3.8) is 0 Å². The maximum absolute atomic E-state index is 5.44. The smallest absolute Gasteiger partial charge is 0.152 e. The van der Waals surface area contributed by atoms with Crippen molar-refractivity contribution in [1.82, 2.24) is 9.97 Å². The minimum atomic E-state index is 0.190. The Balaban J connectivity index is 0.000000202. The maximum atomic E-state index is 5.44. The summed E-state index contributed by atoms with van der Waals surface area (Å²) in [6, 6.07) is 9.45. The largest absolute Gasteiger partial charge is 0.488 e. The van der Waals surface area contributed by atoms with Gasteiger partial charge in [-0.3, -0.25) is 4.98 Å². The van der Waals surface area contributed by atoms with Crippen LogP contribution >= 0.6 is 15.9 Å². The van der Waals surface area contributed by atoms with E-state index < -0.39 is 0 Å². The van der Waals surface area contributed by atoms with E-state index >= 15 is 0 Å². The fourth-order valence-corrected chi connectivity index (χ4v) is 1.37. The maximum Gasteiger partial charge on any atom is 0.152 e. The number of aromatic nitrogens is 2. The van der Waals surface area contributed by atoms with Crippen LogP contribution in [0.3, 0.4) is 0 Å². The van der Waals surface area contributed by atoms with Crippen molar-refractivity contribution in [2.45, 2.75) is 20.0 Å².